The van der Waals surface area contributed by atoms with E-state index in [1.807, 2.05) is 0 Å². The van der Waals surface area contributed by atoms with E-state index in [9.17, 15) is 0 Å². The molecule has 0 aromatic heterocycles. The summed E-state index contributed by atoms with van der Waals surface area (Å²) >= 11 is 0. The number of hydrogen-bond donors (Lipinski definition) is 0. The van der Waals surface area contributed by atoms with Crippen molar-refractivity contribution < 1.29 is 0 Å². The van der Waals surface area contributed by atoms with Crippen LogP contribution in [0.4, 0.5) is 0 Å². The van der Waals surface area contributed by atoms with Gasteiger partial charge in [0.2, 0.25) is 0 Å². The Kier molecular flexibility index (Phi) is 4.05. The molecular weight excluding hydrogens is 290 g/mol. The molecule has 0 radical (unpaired) electrons. The van der Waals surface area contributed by atoms with E-state index < -0.39 is 0 Å². The molecule has 1 nitrogen and oxygen atoms in total. The zero-order chi connectivity index (χ0) is 16.6. The average molecular weight is 317 g/mol. The highest BCUT2D eigenvalue weighted by Gasteiger charge is 2.46. The van der Waals surface area contributed by atoms with Crippen LogP contribution in [0.15, 0.2) is 54.6 Å². The number of hydrogen-bond acceptors (Lipinski definition) is 1. The van der Waals surface area contributed by atoms with E-state index in [0.717, 1.165) is 6.54 Å². The molecule has 1 fully saturated rings. The summed E-state index contributed by atoms with van der Waals surface area (Å²) in [4.78, 5) is 2.66. The number of allylic oxidation sites excluding steroid dienone is 1. The van der Waals surface area contributed by atoms with E-state index in [1.165, 1.54) is 37.1 Å². The summed E-state index contributed by atoms with van der Waals surface area (Å²) in [5.74, 6) is 0.676. The van der Waals surface area contributed by atoms with Gasteiger partial charge >= 0.3 is 0 Å². The molecule has 0 amide bonds. The SMILES string of the molecule is CC=Cc1cccc2c1CC[C@@]1(C)CN(Cc3ccccc3)C[C@@H]21. The van der Waals surface area contributed by atoms with Crippen molar-refractivity contribution in [2.24, 2.45) is 5.41 Å². The van der Waals surface area contributed by atoms with Crippen LogP contribution < -0.4 is 0 Å². The van der Waals surface area contributed by atoms with Crippen LogP contribution in [0.5, 0.6) is 0 Å². The highest BCUT2D eigenvalue weighted by atomic mass is 15.2. The lowest BCUT2D eigenvalue weighted by atomic mass is 9.66. The van der Waals surface area contributed by atoms with Gasteiger partial charge in [0, 0.05) is 25.6 Å². The zero-order valence-electron chi connectivity index (χ0n) is 14.8. The summed E-state index contributed by atoms with van der Waals surface area (Å²) in [6, 6.07) is 17.8. The lowest BCUT2D eigenvalue weighted by molar-refractivity contribution is 0.240. The summed E-state index contributed by atoms with van der Waals surface area (Å²) in [6.45, 7) is 8.12. The van der Waals surface area contributed by atoms with Gasteiger partial charge in [0.15, 0.2) is 0 Å². The van der Waals surface area contributed by atoms with Crippen LogP contribution in [0.1, 0.15) is 48.4 Å². The van der Waals surface area contributed by atoms with E-state index in [-0.39, 0.29) is 0 Å². The quantitative estimate of drug-likeness (QED) is 0.745. The van der Waals surface area contributed by atoms with Crippen LogP contribution in [0.3, 0.4) is 0 Å². The molecule has 2 aromatic rings. The molecule has 1 aliphatic carbocycles. The maximum Gasteiger partial charge on any atom is 0.0234 e. The fraction of sp³-hybridized carbons (Fsp3) is 0.391. The monoisotopic (exact) mass is 317 g/mol. The Hall–Kier alpha value is -1.86. The summed E-state index contributed by atoms with van der Waals surface area (Å²) in [5.41, 5.74) is 6.49. The van der Waals surface area contributed by atoms with Gasteiger partial charge in [-0.2, -0.15) is 0 Å². The third kappa shape index (κ3) is 2.71. The number of nitrogens with zero attached hydrogens (tertiary/aromatic N) is 1. The van der Waals surface area contributed by atoms with Crippen LogP contribution in [-0.2, 0) is 13.0 Å². The van der Waals surface area contributed by atoms with Crippen LogP contribution in [0.25, 0.3) is 6.08 Å². The van der Waals surface area contributed by atoms with Gasteiger partial charge in [0.1, 0.15) is 0 Å². The lowest BCUT2D eigenvalue weighted by Crippen LogP contribution is -2.31. The van der Waals surface area contributed by atoms with Gasteiger partial charge in [-0.3, -0.25) is 4.90 Å². The van der Waals surface area contributed by atoms with Crippen LogP contribution in [0.2, 0.25) is 0 Å². The molecule has 124 valence electrons. The van der Waals surface area contributed by atoms with E-state index in [2.05, 4.69) is 79.4 Å². The topological polar surface area (TPSA) is 3.24 Å². The molecule has 1 saturated heterocycles. The molecule has 1 heteroatoms. The van der Waals surface area contributed by atoms with Gasteiger partial charge in [0.25, 0.3) is 0 Å². The predicted octanol–water partition coefficient (Wildman–Crippen LogP) is 5.27. The Morgan fingerprint density at radius 2 is 1.96 bits per heavy atom. The minimum absolute atomic E-state index is 0.427. The molecule has 0 N–H and O–H groups in total. The van der Waals surface area contributed by atoms with Gasteiger partial charge in [-0.15, -0.1) is 0 Å². The molecule has 1 heterocycles. The molecule has 0 unspecified atom stereocenters. The van der Waals surface area contributed by atoms with E-state index in [0.29, 0.717) is 11.3 Å². The van der Waals surface area contributed by atoms with Crippen LogP contribution in [0, 0.1) is 5.41 Å². The Morgan fingerprint density at radius 1 is 1.12 bits per heavy atom. The highest BCUT2D eigenvalue weighted by Crippen LogP contribution is 2.51. The third-order valence-electron chi connectivity index (χ3n) is 6.03. The fourth-order valence-electron chi connectivity index (χ4n) is 4.84. The number of likely N-dealkylation sites (tertiary alicyclic amines) is 1. The Balaban J connectivity index is 1.62. The third-order valence-corrected chi connectivity index (χ3v) is 6.03. The maximum atomic E-state index is 2.66. The second-order valence-electron chi connectivity index (χ2n) is 7.78. The number of fused-ring (bicyclic) bond motifs is 3. The minimum Gasteiger partial charge on any atom is -0.298 e. The maximum absolute atomic E-state index is 2.66. The molecule has 0 spiro atoms. The van der Waals surface area contributed by atoms with Crippen molar-refractivity contribution in [3.63, 3.8) is 0 Å². The van der Waals surface area contributed by atoms with Gasteiger partial charge in [-0.05, 0) is 47.4 Å². The van der Waals surface area contributed by atoms with Crippen LogP contribution >= 0.6 is 0 Å². The number of rotatable bonds is 3. The summed E-state index contributed by atoms with van der Waals surface area (Å²) in [7, 11) is 0. The Labute approximate surface area is 146 Å². The van der Waals surface area contributed by atoms with Gasteiger partial charge in [-0.1, -0.05) is 67.6 Å². The van der Waals surface area contributed by atoms with Gasteiger partial charge in [-0.25, -0.2) is 0 Å². The van der Waals surface area contributed by atoms with Crippen molar-refractivity contribution in [1.29, 1.82) is 0 Å². The van der Waals surface area contributed by atoms with Crippen molar-refractivity contribution in [2.75, 3.05) is 13.1 Å². The molecule has 2 aliphatic rings. The largest absolute Gasteiger partial charge is 0.298 e. The molecule has 0 saturated carbocycles. The first-order valence-corrected chi connectivity index (χ1v) is 9.20. The predicted molar refractivity (Wildman–Crippen MR) is 102 cm³/mol. The van der Waals surface area contributed by atoms with E-state index in [4.69, 9.17) is 0 Å². The fourth-order valence-corrected chi connectivity index (χ4v) is 4.84. The first-order chi connectivity index (χ1) is 11.7. The van der Waals surface area contributed by atoms with Crippen molar-refractivity contribution in [1.82, 2.24) is 4.90 Å². The minimum atomic E-state index is 0.427. The van der Waals surface area contributed by atoms with Crippen molar-refractivity contribution in [3.8, 4) is 0 Å². The summed E-state index contributed by atoms with van der Waals surface area (Å²) in [5, 5.41) is 0. The van der Waals surface area contributed by atoms with Crippen molar-refractivity contribution in [2.45, 2.75) is 39.2 Å². The second-order valence-corrected chi connectivity index (χ2v) is 7.78. The molecule has 0 bridgehead atoms. The second kappa shape index (κ2) is 6.22. The summed E-state index contributed by atoms with van der Waals surface area (Å²) in [6.07, 6.45) is 6.98. The Morgan fingerprint density at radius 3 is 2.75 bits per heavy atom. The van der Waals surface area contributed by atoms with E-state index in [1.54, 1.807) is 11.1 Å². The average Bonchev–Trinajstić information content (AvgIpc) is 2.93. The normalized spacial score (nSPS) is 26.5. The standard InChI is InChI=1S/C23H27N/c1-3-8-19-11-7-12-21-20(19)13-14-23(2)17-24(16-22(21)23)15-18-9-5-4-6-10-18/h3-12,22H,13-17H2,1-2H3/t22-,23-/m0/s1. The number of benzene rings is 2. The van der Waals surface area contributed by atoms with Gasteiger partial charge in [0.05, 0.1) is 0 Å². The molecule has 1 aliphatic heterocycles. The molecule has 2 aromatic carbocycles. The van der Waals surface area contributed by atoms with Crippen molar-refractivity contribution in [3.05, 3.63) is 76.9 Å². The first-order valence-electron chi connectivity index (χ1n) is 9.20. The Bertz CT molecular complexity index is 746. The molecule has 24 heavy (non-hydrogen) atoms. The smallest absolute Gasteiger partial charge is 0.0234 e. The molecule has 2 atom stereocenters. The highest BCUT2D eigenvalue weighted by molar-refractivity contribution is 5.57. The lowest BCUT2D eigenvalue weighted by Gasteiger charge is -2.37. The van der Waals surface area contributed by atoms with Gasteiger partial charge < -0.3 is 0 Å². The zero-order valence-corrected chi connectivity index (χ0v) is 14.8. The molecular formula is C23H27N. The summed E-state index contributed by atoms with van der Waals surface area (Å²) < 4.78 is 0. The van der Waals surface area contributed by atoms with Crippen molar-refractivity contribution >= 4 is 6.08 Å². The molecule has 4 rings (SSSR count). The van der Waals surface area contributed by atoms with Crippen LogP contribution in [-0.4, -0.2) is 18.0 Å². The van der Waals surface area contributed by atoms with E-state index >= 15 is 0 Å². The first kappa shape index (κ1) is 15.7.